The number of pyridine rings is 1. The molecular formula is C28H36N6O3. The zero-order valence-electron chi connectivity index (χ0n) is 22.3. The number of hydrogen-bond donors (Lipinski definition) is 2. The summed E-state index contributed by atoms with van der Waals surface area (Å²) in [5, 5.41) is 11.6. The predicted molar refractivity (Wildman–Crippen MR) is 145 cm³/mol. The molecule has 4 heterocycles. The van der Waals surface area contributed by atoms with Crippen LogP contribution in [0.2, 0.25) is 0 Å². The second-order valence-electron chi connectivity index (χ2n) is 9.93. The quantitative estimate of drug-likeness (QED) is 0.473. The van der Waals surface area contributed by atoms with Crippen molar-refractivity contribution in [3.05, 3.63) is 59.4 Å². The van der Waals surface area contributed by atoms with E-state index >= 15 is 0 Å². The fraction of sp³-hybridized carbons (Fsp3) is 0.429. The van der Waals surface area contributed by atoms with E-state index in [0.717, 1.165) is 34.3 Å². The first-order valence-electron chi connectivity index (χ1n) is 12.9. The second-order valence-corrected chi connectivity index (χ2v) is 9.93. The van der Waals surface area contributed by atoms with E-state index in [2.05, 4.69) is 26.6 Å². The molecule has 0 spiro atoms. The number of H-pyrrole nitrogens is 1. The molecule has 2 N–H and O–H groups in total. The van der Waals surface area contributed by atoms with Gasteiger partial charge in [0.2, 0.25) is 0 Å². The molecule has 1 aromatic carbocycles. The SMILES string of the molecule is CC.CC(C)(C)OC(=O)N1CC=C(c2[nH]nc3ncc4c(c23)CCN(C(=O)Nc2ccccc2)C4)CC1. The Morgan fingerprint density at radius 1 is 1.05 bits per heavy atom. The molecule has 2 aliphatic rings. The van der Waals surface area contributed by atoms with Crippen LogP contribution in [0.25, 0.3) is 16.6 Å². The van der Waals surface area contributed by atoms with Crippen molar-refractivity contribution in [1.29, 1.82) is 0 Å². The van der Waals surface area contributed by atoms with E-state index in [-0.39, 0.29) is 12.1 Å². The molecule has 2 aromatic heterocycles. The number of aromatic amines is 1. The first kappa shape index (κ1) is 26.2. The Balaban J connectivity index is 0.00000156. The number of fused-ring (bicyclic) bond motifs is 3. The van der Waals surface area contributed by atoms with Crippen molar-refractivity contribution in [2.45, 2.75) is 59.6 Å². The van der Waals surface area contributed by atoms with Gasteiger partial charge in [0, 0.05) is 43.4 Å². The number of urea groups is 1. The minimum absolute atomic E-state index is 0.119. The topological polar surface area (TPSA) is 103 Å². The maximum atomic E-state index is 12.8. The van der Waals surface area contributed by atoms with Gasteiger partial charge in [0.05, 0.1) is 5.69 Å². The summed E-state index contributed by atoms with van der Waals surface area (Å²) in [6, 6.07) is 9.35. The van der Waals surface area contributed by atoms with Gasteiger partial charge >= 0.3 is 12.1 Å². The lowest BCUT2D eigenvalue weighted by molar-refractivity contribution is 0.0270. The van der Waals surface area contributed by atoms with Crippen LogP contribution in [0, 0.1) is 0 Å². The number of ether oxygens (including phenoxy) is 1. The van der Waals surface area contributed by atoms with E-state index in [0.29, 0.717) is 38.2 Å². The third-order valence-corrected chi connectivity index (χ3v) is 6.27. The van der Waals surface area contributed by atoms with Crippen molar-refractivity contribution in [1.82, 2.24) is 25.0 Å². The second kappa shape index (κ2) is 11.0. The maximum absolute atomic E-state index is 12.8. The standard InChI is InChI=1S/C26H30N6O3.C2H6/c1-26(2,3)35-25(34)31-12-9-17(10-13-31)22-21-20-11-14-32(16-18(20)15-27-23(21)30-29-22)24(33)28-19-7-5-4-6-8-19;1-2/h4-9,15H,10-14,16H2,1-3H3,(H,28,33)(H,27,29,30);1-2H3. The number of benzene rings is 1. The smallest absolute Gasteiger partial charge is 0.410 e. The highest BCUT2D eigenvalue weighted by Gasteiger charge is 2.28. The largest absolute Gasteiger partial charge is 0.444 e. The van der Waals surface area contributed by atoms with Gasteiger partial charge in [-0.15, -0.1) is 0 Å². The van der Waals surface area contributed by atoms with Crippen LogP contribution >= 0.6 is 0 Å². The van der Waals surface area contributed by atoms with Crippen LogP contribution in [-0.4, -0.2) is 62.3 Å². The van der Waals surface area contributed by atoms with E-state index < -0.39 is 5.60 Å². The van der Waals surface area contributed by atoms with E-state index in [9.17, 15) is 9.59 Å². The Labute approximate surface area is 217 Å². The number of hydrogen-bond acceptors (Lipinski definition) is 5. The average molecular weight is 505 g/mol. The Morgan fingerprint density at radius 2 is 1.78 bits per heavy atom. The van der Waals surface area contributed by atoms with Gasteiger partial charge in [-0.05, 0) is 62.4 Å². The number of anilines is 1. The Kier molecular flexibility index (Phi) is 7.80. The molecule has 2 aliphatic heterocycles. The number of rotatable bonds is 2. The molecule has 0 saturated heterocycles. The summed E-state index contributed by atoms with van der Waals surface area (Å²) in [7, 11) is 0. The van der Waals surface area contributed by atoms with Crippen molar-refractivity contribution in [2.75, 3.05) is 25.0 Å². The first-order valence-corrected chi connectivity index (χ1v) is 12.9. The van der Waals surface area contributed by atoms with Crippen LogP contribution in [0.1, 0.15) is 57.9 Å². The van der Waals surface area contributed by atoms with Crippen LogP contribution < -0.4 is 5.32 Å². The van der Waals surface area contributed by atoms with Crippen LogP contribution in [0.3, 0.4) is 0 Å². The van der Waals surface area contributed by atoms with Crippen molar-refractivity contribution in [2.24, 2.45) is 0 Å². The highest BCUT2D eigenvalue weighted by atomic mass is 16.6. The number of aromatic nitrogens is 3. The number of carbonyl (C=O) groups excluding carboxylic acids is 2. The van der Waals surface area contributed by atoms with E-state index in [1.807, 2.05) is 71.1 Å². The minimum Gasteiger partial charge on any atom is -0.444 e. The zero-order chi connectivity index (χ0) is 26.6. The van der Waals surface area contributed by atoms with Crippen LogP contribution in [0.15, 0.2) is 42.6 Å². The van der Waals surface area contributed by atoms with Gasteiger partial charge in [0.25, 0.3) is 0 Å². The molecule has 0 radical (unpaired) electrons. The highest BCUT2D eigenvalue weighted by Crippen LogP contribution is 2.33. The number of para-hydroxylation sites is 1. The summed E-state index contributed by atoms with van der Waals surface area (Å²) < 4.78 is 5.50. The Bertz CT molecular complexity index is 1290. The van der Waals surface area contributed by atoms with E-state index in [1.54, 1.807) is 9.80 Å². The average Bonchev–Trinajstić information content (AvgIpc) is 3.34. The van der Waals surface area contributed by atoms with Crippen LogP contribution in [-0.2, 0) is 17.7 Å². The molecule has 3 amide bonds. The van der Waals surface area contributed by atoms with Crippen LogP contribution in [0.4, 0.5) is 15.3 Å². The molecule has 0 atom stereocenters. The molecular weight excluding hydrogens is 468 g/mol. The molecule has 5 rings (SSSR count). The number of nitrogens with zero attached hydrogens (tertiary/aromatic N) is 4. The fourth-order valence-electron chi connectivity index (χ4n) is 4.56. The number of nitrogens with one attached hydrogen (secondary N) is 2. The fourth-order valence-corrected chi connectivity index (χ4v) is 4.56. The van der Waals surface area contributed by atoms with Gasteiger partial charge in [-0.3, -0.25) is 5.10 Å². The summed E-state index contributed by atoms with van der Waals surface area (Å²) in [6.07, 6.45) is 5.01. The lowest BCUT2D eigenvalue weighted by atomic mass is 9.94. The third kappa shape index (κ3) is 5.93. The van der Waals surface area contributed by atoms with Gasteiger partial charge in [0.1, 0.15) is 5.60 Å². The maximum Gasteiger partial charge on any atom is 0.410 e. The molecule has 37 heavy (non-hydrogen) atoms. The van der Waals surface area contributed by atoms with E-state index in [1.165, 1.54) is 5.56 Å². The molecule has 0 fully saturated rings. The predicted octanol–water partition coefficient (Wildman–Crippen LogP) is 5.60. The van der Waals surface area contributed by atoms with Crippen molar-refractivity contribution in [3.63, 3.8) is 0 Å². The van der Waals surface area contributed by atoms with E-state index in [4.69, 9.17) is 4.74 Å². The van der Waals surface area contributed by atoms with Gasteiger partial charge in [-0.25, -0.2) is 14.6 Å². The first-order chi connectivity index (χ1) is 17.8. The number of amides is 3. The summed E-state index contributed by atoms with van der Waals surface area (Å²) in [5.41, 5.74) is 5.22. The van der Waals surface area contributed by atoms with Crippen molar-refractivity contribution in [3.8, 4) is 0 Å². The highest BCUT2D eigenvalue weighted by molar-refractivity contribution is 5.93. The summed E-state index contributed by atoms with van der Waals surface area (Å²) in [5.74, 6) is 0. The summed E-state index contributed by atoms with van der Waals surface area (Å²) in [4.78, 5) is 33.3. The molecule has 0 unspecified atom stereocenters. The van der Waals surface area contributed by atoms with Crippen LogP contribution in [0.5, 0.6) is 0 Å². The monoisotopic (exact) mass is 504 g/mol. The van der Waals surface area contributed by atoms with Crippen molar-refractivity contribution >= 4 is 34.4 Å². The molecule has 9 heteroatoms. The molecule has 0 saturated carbocycles. The van der Waals surface area contributed by atoms with Gasteiger partial charge < -0.3 is 19.9 Å². The molecule has 196 valence electrons. The molecule has 0 bridgehead atoms. The van der Waals surface area contributed by atoms with Crippen molar-refractivity contribution < 1.29 is 14.3 Å². The Hall–Kier alpha value is -3.88. The lowest BCUT2D eigenvalue weighted by Crippen LogP contribution is -2.39. The summed E-state index contributed by atoms with van der Waals surface area (Å²) in [6.45, 7) is 11.8. The van der Waals surface area contributed by atoms with Gasteiger partial charge in [-0.2, -0.15) is 5.10 Å². The Morgan fingerprint density at radius 3 is 2.46 bits per heavy atom. The third-order valence-electron chi connectivity index (χ3n) is 6.27. The molecule has 9 nitrogen and oxygen atoms in total. The van der Waals surface area contributed by atoms with Gasteiger partial charge in [0.15, 0.2) is 5.65 Å². The van der Waals surface area contributed by atoms with Gasteiger partial charge in [-0.1, -0.05) is 38.1 Å². The lowest BCUT2D eigenvalue weighted by Gasteiger charge is -2.30. The summed E-state index contributed by atoms with van der Waals surface area (Å²) >= 11 is 0. The normalized spacial score (nSPS) is 15.3. The number of carbonyl (C=O) groups is 2. The minimum atomic E-state index is -0.517. The zero-order valence-corrected chi connectivity index (χ0v) is 22.3. The molecule has 0 aliphatic carbocycles. The molecule has 3 aromatic rings.